The Labute approximate surface area is 243 Å². The minimum absolute atomic E-state index is 0. The van der Waals surface area contributed by atoms with Gasteiger partial charge in [-0.05, 0) is 0 Å². The third kappa shape index (κ3) is 58.2. The van der Waals surface area contributed by atoms with Crippen molar-refractivity contribution in [2.45, 2.75) is 18.3 Å². The molecule has 14 heteroatoms. The van der Waals surface area contributed by atoms with Crippen molar-refractivity contribution in [2.24, 2.45) is 0 Å². The number of halogens is 8. The molecule has 0 amide bonds. The highest BCUT2D eigenvalue weighted by Gasteiger charge is 2.14. The molecule has 208 valence electrons. The highest BCUT2D eigenvalue weighted by atomic mass is 35.5. The summed E-state index contributed by atoms with van der Waals surface area (Å²) < 4.78 is 2.27. The largest absolute Gasteiger partial charge is 1.00 e. The Morgan fingerprint density at radius 2 is 0.594 bits per heavy atom. The van der Waals surface area contributed by atoms with Crippen molar-refractivity contribution in [2.75, 3.05) is 101 Å². The summed E-state index contributed by atoms with van der Waals surface area (Å²) >= 11 is 16.2. The first-order valence-electron chi connectivity index (χ1n) is 9.00. The van der Waals surface area contributed by atoms with Gasteiger partial charge in [-0.15, -0.1) is 59.6 Å². The van der Waals surface area contributed by atoms with Crippen LogP contribution in [0.4, 0.5) is 0 Å². The van der Waals surface area contributed by atoms with Gasteiger partial charge in [-0.3, -0.25) is 0 Å². The third-order valence-electron chi connectivity index (χ3n) is 2.81. The maximum atomic E-state index is 9.05. The summed E-state index contributed by atoms with van der Waals surface area (Å²) in [4.78, 5) is 0. The molecule has 3 unspecified atom stereocenters. The van der Waals surface area contributed by atoms with Crippen molar-refractivity contribution in [3.05, 3.63) is 0 Å². The second-order valence-corrected chi connectivity index (χ2v) is 10.8. The Morgan fingerprint density at radius 1 is 0.469 bits per heavy atom. The molecule has 0 aromatic rings. The van der Waals surface area contributed by atoms with Crippen molar-refractivity contribution in [3.63, 3.8) is 0 Å². The zero-order valence-corrected chi connectivity index (χ0v) is 26.9. The van der Waals surface area contributed by atoms with E-state index in [0.29, 0.717) is 37.3 Å². The Kier molecular flexibility index (Phi) is 47.4. The topological polar surface area (TPSA) is 60.7 Å². The Balaban J connectivity index is -0.0000000417. The van der Waals surface area contributed by atoms with E-state index in [-0.39, 0.29) is 80.3 Å². The van der Waals surface area contributed by atoms with Crippen molar-refractivity contribution in [1.82, 2.24) is 0 Å². The van der Waals surface area contributed by atoms with E-state index in [9.17, 15) is 0 Å². The minimum Gasteiger partial charge on any atom is -1.00 e. The van der Waals surface area contributed by atoms with Gasteiger partial charge in [-0.2, -0.15) is 0 Å². The van der Waals surface area contributed by atoms with Crippen LogP contribution in [0.2, 0.25) is 0 Å². The van der Waals surface area contributed by atoms with Gasteiger partial charge >= 0.3 is 0 Å². The SMILES string of the molecule is C[N+](C)(C)CC(O)CCl.C[N+](C)(C)CC(O)CCl.C[N+](C)(C)CC(O)CCl.Cl.Cl.[Cl-].[Cl-].[Cl-]. The van der Waals surface area contributed by atoms with Gasteiger partial charge in [0.1, 0.15) is 37.9 Å². The van der Waals surface area contributed by atoms with E-state index in [2.05, 4.69) is 0 Å². The smallest absolute Gasteiger partial charge is 0.116 e. The molecule has 3 atom stereocenters. The van der Waals surface area contributed by atoms with Crippen LogP contribution in [0.25, 0.3) is 0 Å². The molecule has 0 aromatic heterocycles. The molecule has 0 fully saturated rings. The molecule has 0 saturated carbocycles. The standard InChI is InChI=1S/3C6H15ClNO.5ClH/c3*1-8(2,3)5-6(9)4-7;;;;;/h3*6,9H,4-5H2,1-3H3;5*1H/q3*+1;;;;;/p-3. The molecule has 0 radical (unpaired) electrons. The van der Waals surface area contributed by atoms with Gasteiger partial charge in [0.25, 0.3) is 0 Å². The lowest BCUT2D eigenvalue weighted by Gasteiger charge is -2.25. The highest BCUT2D eigenvalue weighted by Crippen LogP contribution is 1.97. The lowest BCUT2D eigenvalue weighted by Crippen LogP contribution is -3.00. The van der Waals surface area contributed by atoms with Gasteiger partial charge in [0, 0.05) is 0 Å². The average molecular weight is 637 g/mol. The number of quaternary nitrogens is 3. The summed E-state index contributed by atoms with van der Waals surface area (Å²) in [6, 6.07) is 0. The molecule has 0 aromatic carbocycles. The van der Waals surface area contributed by atoms with Crippen LogP contribution >= 0.6 is 59.6 Å². The average Bonchev–Trinajstić information content (AvgIpc) is 2.43. The number of rotatable bonds is 9. The number of likely N-dealkylation sites (N-methyl/N-ethyl adjacent to an activating group) is 3. The summed E-state index contributed by atoms with van der Waals surface area (Å²) in [6.07, 6.45) is -1.11. The molecule has 3 N–H and O–H groups in total. The molecule has 0 rings (SSSR count). The van der Waals surface area contributed by atoms with Gasteiger partial charge in [0.05, 0.1) is 81.1 Å². The van der Waals surface area contributed by atoms with Crippen LogP contribution in [0.1, 0.15) is 0 Å². The monoisotopic (exact) mass is 633 g/mol. The summed E-state index contributed by atoms with van der Waals surface area (Å²) in [6.45, 7) is 2.14. The summed E-state index contributed by atoms with van der Waals surface area (Å²) in [5.41, 5.74) is 0. The van der Waals surface area contributed by atoms with Crippen LogP contribution in [0, 0.1) is 0 Å². The maximum absolute atomic E-state index is 9.05. The van der Waals surface area contributed by atoms with Crippen LogP contribution in [0.15, 0.2) is 0 Å². The third-order valence-corrected chi connectivity index (χ3v) is 3.88. The van der Waals surface area contributed by atoms with Gasteiger partial charge in [-0.1, -0.05) is 0 Å². The first-order chi connectivity index (χ1) is 11.9. The lowest BCUT2D eigenvalue weighted by molar-refractivity contribution is -0.873. The van der Waals surface area contributed by atoms with E-state index in [1.807, 2.05) is 63.4 Å². The fourth-order valence-electron chi connectivity index (χ4n) is 2.04. The molecule has 0 bridgehead atoms. The van der Waals surface area contributed by atoms with E-state index < -0.39 is 0 Å². The number of hydrogen-bond acceptors (Lipinski definition) is 3. The van der Waals surface area contributed by atoms with Crippen LogP contribution < -0.4 is 37.2 Å². The van der Waals surface area contributed by atoms with Crippen LogP contribution in [-0.2, 0) is 0 Å². The Morgan fingerprint density at radius 3 is 0.625 bits per heavy atom. The second-order valence-electron chi connectivity index (χ2n) is 9.84. The lowest BCUT2D eigenvalue weighted by atomic mass is 10.3. The molecule has 0 aliphatic carbocycles. The minimum atomic E-state index is -0.369. The number of aliphatic hydroxyl groups excluding tert-OH is 3. The summed E-state index contributed by atoms with van der Waals surface area (Å²) in [5, 5.41) is 27.1. The van der Waals surface area contributed by atoms with Gasteiger partial charge in [0.15, 0.2) is 0 Å². The molecule has 0 aliphatic heterocycles. The predicted octanol–water partition coefficient (Wildman–Crippen LogP) is -7.27. The summed E-state index contributed by atoms with van der Waals surface area (Å²) in [5.74, 6) is 0.987. The maximum Gasteiger partial charge on any atom is 0.116 e. The van der Waals surface area contributed by atoms with Gasteiger partial charge < -0.3 is 66.0 Å². The van der Waals surface area contributed by atoms with Crippen molar-refractivity contribution in [3.8, 4) is 0 Å². The molecule has 0 saturated heterocycles. The first kappa shape index (κ1) is 54.8. The van der Waals surface area contributed by atoms with E-state index >= 15 is 0 Å². The zero-order chi connectivity index (χ0) is 22.5. The van der Waals surface area contributed by atoms with Crippen LogP contribution in [0.3, 0.4) is 0 Å². The number of hydrogen-bond donors (Lipinski definition) is 3. The van der Waals surface area contributed by atoms with Gasteiger partial charge in [0.2, 0.25) is 0 Å². The fourth-order valence-corrected chi connectivity index (χ4v) is 2.34. The summed E-state index contributed by atoms with van der Waals surface area (Å²) in [7, 11) is 18.2. The number of aliphatic hydroxyl groups is 3. The van der Waals surface area contributed by atoms with E-state index in [1.54, 1.807) is 0 Å². The van der Waals surface area contributed by atoms with E-state index in [4.69, 9.17) is 50.1 Å². The number of alkyl halides is 3. The fraction of sp³-hybridized carbons (Fsp3) is 1.00. The van der Waals surface area contributed by atoms with E-state index in [0.717, 1.165) is 13.4 Å². The number of nitrogens with zero attached hydrogens (tertiary/aromatic N) is 3. The second kappa shape index (κ2) is 27.7. The molecule has 0 heterocycles. The van der Waals surface area contributed by atoms with Gasteiger partial charge in [-0.25, -0.2) is 0 Å². The Bertz CT molecular complexity index is 304. The van der Waals surface area contributed by atoms with Crippen molar-refractivity contribution in [1.29, 1.82) is 0 Å². The van der Waals surface area contributed by atoms with Crippen molar-refractivity contribution < 1.29 is 66.0 Å². The molecule has 0 spiro atoms. The molecular weight excluding hydrogens is 590 g/mol. The quantitative estimate of drug-likeness (QED) is 0.174. The van der Waals surface area contributed by atoms with E-state index in [1.165, 1.54) is 0 Å². The predicted molar refractivity (Wildman–Crippen MR) is 133 cm³/mol. The Hall–Kier alpha value is 2.08. The molecular formula is C18H47Cl8N3O3. The molecule has 32 heavy (non-hydrogen) atoms. The van der Waals surface area contributed by atoms with Crippen LogP contribution in [0.5, 0.6) is 0 Å². The van der Waals surface area contributed by atoms with Crippen molar-refractivity contribution >= 4 is 59.6 Å². The first-order valence-corrected chi connectivity index (χ1v) is 10.6. The highest BCUT2D eigenvalue weighted by molar-refractivity contribution is 6.18. The van der Waals surface area contributed by atoms with Crippen LogP contribution in [-0.4, -0.2) is 148 Å². The molecule has 6 nitrogen and oxygen atoms in total. The molecule has 0 aliphatic rings. The normalized spacial score (nSPS) is 13.2. The zero-order valence-electron chi connectivity index (χ0n) is 20.7.